The van der Waals surface area contributed by atoms with Gasteiger partial charge in [-0.3, -0.25) is 0 Å². The first kappa shape index (κ1) is 16.2. The number of nitrogens with zero attached hydrogens (tertiary/aromatic N) is 5. The number of rotatable bonds is 2. The van der Waals surface area contributed by atoms with Crippen molar-refractivity contribution in [3.8, 4) is 0 Å². The zero-order valence-electron chi connectivity index (χ0n) is 12.9. The van der Waals surface area contributed by atoms with Gasteiger partial charge in [-0.25, -0.2) is 0 Å². The predicted octanol–water partition coefficient (Wildman–Crippen LogP) is 1.04. The minimum absolute atomic E-state index is 0.458. The fourth-order valence-corrected chi connectivity index (χ4v) is 5.52. The normalized spacial score (nSPS) is 26.7. The molecule has 0 spiro atoms. The Hall–Kier alpha value is -0.242. The third-order valence-corrected chi connectivity index (χ3v) is 6.47. The van der Waals surface area contributed by atoms with E-state index < -0.39 is 0 Å². The topological polar surface area (TPSA) is 56.1 Å². The van der Waals surface area contributed by atoms with Crippen LogP contribution in [0.2, 0.25) is 0 Å². The standard InChI is InChI=1S/C15H19AsIN5O/c16-13-12-14(17)20-22(15(12)19-9-18-13)11-3-1-10(2-4-11)21-5-7-23-8-6-21/h9-11H,1-8H2. The molecule has 0 amide bonds. The first-order chi connectivity index (χ1) is 11.2. The van der Waals surface area contributed by atoms with Gasteiger partial charge < -0.3 is 0 Å². The molecule has 1 aliphatic carbocycles. The molecular weight excluding hydrogens is 468 g/mol. The molecule has 0 unspecified atom stereocenters. The van der Waals surface area contributed by atoms with Crippen molar-refractivity contribution < 1.29 is 4.74 Å². The number of hydrogen-bond acceptors (Lipinski definition) is 5. The molecule has 0 aromatic carbocycles. The van der Waals surface area contributed by atoms with E-state index in [4.69, 9.17) is 9.84 Å². The number of aromatic nitrogens is 4. The van der Waals surface area contributed by atoms with Gasteiger partial charge >= 0.3 is 158 Å². The van der Waals surface area contributed by atoms with Gasteiger partial charge in [0.1, 0.15) is 0 Å². The van der Waals surface area contributed by atoms with E-state index in [1.165, 1.54) is 25.7 Å². The van der Waals surface area contributed by atoms with E-state index in [1.54, 1.807) is 6.33 Å². The second-order valence-electron chi connectivity index (χ2n) is 6.24. The molecule has 1 saturated heterocycles. The van der Waals surface area contributed by atoms with E-state index in [0.29, 0.717) is 12.1 Å². The van der Waals surface area contributed by atoms with Crippen LogP contribution in [0, 0.1) is 3.70 Å². The number of fused-ring (bicyclic) bond motifs is 1. The summed E-state index contributed by atoms with van der Waals surface area (Å²) in [6, 6.07) is 1.17. The summed E-state index contributed by atoms with van der Waals surface area (Å²) < 4.78 is 9.58. The van der Waals surface area contributed by atoms with Gasteiger partial charge in [0, 0.05) is 0 Å². The summed E-state index contributed by atoms with van der Waals surface area (Å²) in [4.78, 5) is 11.4. The molecule has 1 aliphatic heterocycles. The van der Waals surface area contributed by atoms with Crippen LogP contribution in [0.15, 0.2) is 6.33 Å². The summed E-state index contributed by atoms with van der Waals surface area (Å²) in [5, 5.41) is 5.86. The van der Waals surface area contributed by atoms with Gasteiger partial charge in [-0.2, -0.15) is 0 Å². The van der Waals surface area contributed by atoms with Crippen LogP contribution in [0.4, 0.5) is 0 Å². The van der Waals surface area contributed by atoms with Crippen LogP contribution in [-0.4, -0.2) is 73.8 Å². The molecule has 0 atom stereocenters. The van der Waals surface area contributed by atoms with E-state index in [2.05, 4.69) is 59.0 Å². The molecular formula is C15H19AsIN5O. The van der Waals surface area contributed by atoms with Crippen molar-refractivity contribution >= 4 is 55.0 Å². The van der Waals surface area contributed by atoms with Gasteiger partial charge in [-0.1, -0.05) is 0 Å². The molecule has 2 aliphatic rings. The van der Waals surface area contributed by atoms with Gasteiger partial charge in [0.05, 0.1) is 0 Å². The SMILES string of the molecule is [As]c1ncnc2c1c(I)nn2C1CCC(N2CCOCC2)CC1. The molecule has 8 heteroatoms. The number of ether oxygens (including phenoxy) is 1. The second kappa shape index (κ2) is 6.94. The minimum atomic E-state index is 0.458. The Morgan fingerprint density at radius 1 is 1.09 bits per heavy atom. The molecule has 6 nitrogen and oxygen atoms in total. The van der Waals surface area contributed by atoms with Crippen molar-refractivity contribution in [2.24, 2.45) is 0 Å². The van der Waals surface area contributed by atoms with Crippen molar-refractivity contribution in [1.82, 2.24) is 24.6 Å². The molecule has 2 fully saturated rings. The molecule has 2 aromatic heterocycles. The molecule has 0 N–H and O–H groups in total. The van der Waals surface area contributed by atoms with Gasteiger partial charge in [-0.05, 0) is 0 Å². The molecule has 2 radical (unpaired) electrons. The Morgan fingerprint density at radius 3 is 2.52 bits per heavy atom. The van der Waals surface area contributed by atoms with Crippen molar-refractivity contribution in [3.63, 3.8) is 0 Å². The fourth-order valence-electron chi connectivity index (χ4n) is 3.78. The number of morpholine rings is 1. The van der Waals surface area contributed by atoms with Crippen LogP contribution in [0.5, 0.6) is 0 Å². The molecule has 122 valence electrons. The Labute approximate surface area is 158 Å². The maximum atomic E-state index is 5.47. The summed E-state index contributed by atoms with van der Waals surface area (Å²) in [6.45, 7) is 3.94. The third kappa shape index (κ3) is 3.17. The van der Waals surface area contributed by atoms with Gasteiger partial charge in [0.2, 0.25) is 0 Å². The molecule has 4 rings (SSSR count). The van der Waals surface area contributed by atoms with E-state index in [0.717, 1.165) is 45.5 Å². The van der Waals surface area contributed by atoms with E-state index in [9.17, 15) is 0 Å². The number of hydrogen-bond donors (Lipinski definition) is 0. The monoisotopic (exact) mass is 487 g/mol. The van der Waals surface area contributed by atoms with Crippen molar-refractivity contribution in [1.29, 1.82) is 0 Å². The van der Waals surface area contributed by atoms with Gasteiger partial charge in [0.15, 0.2) is 0 Å². The first-order valence-electron chi connectivity index (χ1n) is 8.13. The second-order valence-corrected chi connectivity index (χ2v) is 8.15. The average Bonchev–Trinajstić information content (AvgIpc) is 2.94. The summed E-state index contributed by atoms with van der Waals surface area (Å²) in [5.41, 5.74) is 0.981. The zero-order valence-corrected chi connectivity index (χ0v) is 16.9. The Bertz CT molecular complexity index is 694. The van der Waals surface area contributed by atoms with Crippen molar-refractivity contribution in [2.45, 2.75) is 37.8 Å². The van der Waals surface area contributed by atoms with Gasteiger partial charge in [-0.15, -0.1) is 0 Å². The quantitative estimate of drug-likeness (QED) is 0.469. The molecule has 0 bridgehead atoms. The van der Waals surface area contributed by atoms with Gasteiger partial charge in [0.25, 0.3) is 0 Å². The first-order valence-corrected chi connectivity index (χ1v) is 10.1. The van der Waals surface area contributed by atoms with E-state index in [-0.39, 0.29) is 0 Å². The summed E-state index contributed by atoms with van der Waals surface area (Å²) in [5.74, 6) is 0. The molecule has 23 heavy (non-hydrogen) atoms. The maximum absolute atomic E-state index is 5.47. The van der Waals surface area contributed by atoms with E-state index >= 15 is 0 Å². The molecule has 1 saturated carbocycles. The third-order valence-electron chi connectivity index (χ3n) is 5.00. The Balaban J connectivity index is 1.51. The Kier molecular flexibility index (Phi) is 4.90. The van der Waals surface area contributed by atoms with Crippen molar-refractivity contribution in [2.75, 3.05) is 26.3 Å². The van der Waals surface area contributed by atoms with Crippen LogP contribution >= 0.6 is 22.6 Å². The average molecular weight is 487 g/mol. The van der Waals surface area contributed by atoms with Crippen LogP contribution in [0.3, 0.4) is 0 Å². The predicted molar refractivity (Wildman–Crippen MR) is 97.1 cm³/mol. The number of halogens is 1. The van der Waals surface area contributed by atoms with Crippen LogP contribution < -0.4 is 4.48 Å². The van der Waals surface area contributed by atoms with Crippen LogP contribution in [0.25, 0.3) is 11.0 Å². The van der Waals surface area contributed by atoms with Crippen LogP contribution in [-0.2, 0) is 4.74 Å². The molecule has 3 heterocycles. The summed E-state index contributed by atoms with van der Waals surface area (Å²) in [7, 11) is 0. The van der Waals surface area contributed by atoms with Crippen molar-refractivity contribution in [3.05, 3.63) is 10.0 Å². The Morgan fingerprint density at radius 2 is 1.78 bits per heavy atom. The van der Waals surface area contributed by atoms with E-state index in [1.807, 2.05) is 0 Å². The summed E-state index contributed by atoms with van der Waals surface area (Å²) >= 11 is 4.83. The summed E-state index contributed by atoms with van der Waals surface area (Å²) in [6.07, 6.45) is 6.47. The van der Waals surface area contributed by atoms with Crippen LogP contribution in [0.1, 0.15) is 31.7 Å². The fraction of sp³-hybridized carbons (Fsp3) is 0.667. The zero-order chi connectivity index (χ0) is 15.8. The molecule has 2 aromatic rings.